The lowest BCUT2D eigenvalue weighted by atomic mass is 9.84. The van der Waals surface area contributed by atoms with Crippen LogP contribution >= 0.6 is 0 Å². The van der Waals surface area contributed by atoms with Gasteiger partial charge in [-0.15, -0.1) is 0 Å². The van der Waals surface area contributed by atoms with Gasteiger partial charge in [-0.05, 0) is 91.7 Å². The van der Waals surface area contributed by atoms with Crippen LogP contribution in [0.15, 0.2) is 77.4 Å². The lowest BCUT2D eigenvalue weighted by Crippen LogP contribution is -2.46. The maximum atomic E-state index is 12.0. The normalized spacial score (nSPS) is 17.8. The highest BCUT2D eigenvalue weighted by atomic mass is 16.4. The Labute approximate surface area is 271 Å². The number of hydrogen-bond donors (Lipinski definition) is 6. The van der Waals surface area contributed by atoms with Gasteiger partial charge in [0.2, 0.25) is 0 Å². The SMILES string of the molecule is NC1=NCCC(C(=CC(=O)O)C(CCC(CCCC(O)CCC(C=O)CCCO)c2ccc3ccccc3c2)[N-]c2ccc[nH]2)N1. The molecule has 1 aromatic heterocycles. The molecule has 0 spiro atoms. The Morgan fingerprint density at radius 1 is 1.00 bits per heavy atom. The fourth-order valence-corrected chi connectivity index (χ4v) is 6.39. The summed E-state index contributed by atoms with van der Waals surface area (Å²) in [4.78, 5) is 30.8. The van der Waals surface area contributed by atoms with Crippen LogP contribution in [0.5, 0.6) is 0 Å². The lowest BCUT2D eigenvalue weighted by molar-refractivity contribution is -0.131. The first-order valence-electron chi connectivity index (χ1n) is 16.4. The molecule has 0 saturated carbocycles. The molecule has 0 aliphatic carbocycles. The molecule has 0 saturated heterocycles. The van der Waals surface area contributed by atoms with Crippen LogP contribution in [0.4, 0.5) is 5.82 Å². The van der Waals surface area contributed by atoms with Gasteiger partial charge < -0.3 is 41.5 Å². The highest BCUT2D eigenvalue weighted by Gasteiger charge is 2.26. The molecule has 1 aliphatic heterocycles. The summed E-state index contributed by atoms with van der Waals surface area (Å²) in [6.45, 7) is 0.571. The average molecular weight is 631 g/mol. The molecule has 5 unspecified atom stereocenters. The maximum Gasteiger partial charge on any atom is 0.328 e. The molecule has 0 radical (unpaired) electrons. The minimum atomic E-state index is -1.03. The van der Waals surface area contributed by atoms with E-state index >= 15 is 0 Å². The van der Waals surface area contributed by atoms with Crippen molar-refractivity contribution >= 4 is 34.8 Å². The number of aliphatic hydroxyl groups is 2. The number of fused-ring (bicyclic) bond motifs is 1. The second kappa shape index (κ2) is 18.1. The van der Waals surface area contributed by atoms with E-state index in [9.17, 15) is 19.8 Å². The molecule has 3 aromatic rings. The number of aromatic amines is 1. The van der Waals surface area contributed by atoms with E-state index < -0.39 is 18.1 Å². The third-order valence-corrected chi connectivity index (χ3v) is 8.90. The molecule has 0 bridgehead atoms. The molecule has 4 rings (SSSR count). The summed E-state index contributed by atoms with van der Waals surface area (Å²) >= 11 is 0. The van der Waals surface area contributed by atoms with Crippen molar-refractivity contribution in [3.8, 4) is 0 Å². The van der Waals surface area contributed by atoms with E-state index in [2.05, 4.69) is 45.6 Å². The number of benzene rings is 2. The van der Waals surface area contributed by atoms with Gasteiger partial charge in [0.1, 0.15) is 6.29 Å². The first-order chi connectivity index (χ1) is 22.4. The second-order valence-corrected chi connectivity index (χ2v) is 12.2. The first-order valence-corrected chi connectivity index (χ1v) is 16.4. The fraction of sp³-hybridized carbons (Fsp3) is 0.472. The molecule has 2 aromatic carbocycles. The van der Waals surface area contributed by atoms with E-state index in [4.69, 9.17) is 16.2 Å². The number of H-pyrrole nitrogens is 1. The average Bonchev–Trinajstić information content (AvgIpc) is 3.57. The summed E-state index contributed by atoms with van der Waals surface area (Å²) in [6.07, 6.45) is 10.1. The Hall–Kier alpha value is -4.15. The van der Waals surface area contributed by atoms with Crippen molar-refractivity contribution < 1.29 is 24.9 Å². The van der Waals surface area contributed by atoms with Crippen LogP contribution in [-0.4, -0.2) is 69.9 Å². The van der Waals surface area contributed by atoms with Gasteiger partial charge >= 0.3 is 5.97 Å². The quantitative estimate of drug-likeness (QED) is 0.0686. The minimum Gasteiger partial charge on any atom is -0.478 e. The largest absolute Gasteiger partial charge is 0.478 e. The van der Waals surface area contributed by atoms with Gasteiger partial charge in [-0.3, -0.25) is 4.99 Å². The number of carboxylic acid groups (broad SMARTS) is 1. The fourth-order valence-electron chi connectivity index (χ4n) is 6.39. The number of aliphatic carboxylic acids is 1. The summed E-state index contributed by atoms with van der Waals surface area (Å²) in [7, 11) is 0. The van der Waals surface area contributed by atoms with Crippen LogP contribution in [-0.2, 0) is 9.59 Å². The Bertz CT molecular complexity index is 1440. The Morgan fingerprint density at radius 3 is 2.54 bits per heavy atom. The molecule has 46 heavy (non-hydrogen) atoms. The number of nitrogens with two attached hydrogens (primary N) is 1. The van der Waals surface area contributed by atoms with Gasteiger partial charge in [-0.25, -0.2) is 4.79 Å². The van der Waals surface area contributed by atoms with E-state index in [1.807, 2.05) is 24.3 Å². The molecule has 0 fully saturated rings. The van der Waals surface area contributed by atoms with Crippen molar-refractivity contribution in [1.29, 1.82) is 0 Å². The molecule has 248 valence electrons. The predicted octanol–water partition coefficient (Wildman–Crippen LogP) is 5.69. The van der Waals surface area contributed by atoms with Gasteiger partial charge in [0.15, 0.2) is 5.96 Å². The van der Waals surface area contributed by atoms with Gasteiger partial charge in [-0.2, -0.15) is 0 Å². The minimum absolute atomic E-state index is 0.0647. The number of nitrogens with zero attached hydrogens (tertiary/aromatic N) is 2. The molecule has 1 aliphatic rings. The molecule has 5 atom stereocenters. The van der Waals surface area contributed by atoms with Crippen molar-refractivity contribution in [2.45, 2.75) is 88.3 Å². The summed E-state index contributed by atoms with van der Waals surface area (Å²) in [6, 6.07) is 17.8. The van der Waals surface area contributed by atoms with Crippen LogP contribution in [0.2, 0.25) is 0 Å². The number of carboxylic acids is 1. The van der Waals surface area contributed by atoms with Crippen molar-refractivity contribution in [1.82, 2.24) is 10.3 Å². The van der Waals surface area contributed by atoms with Gasteiger partial charge in [0, 0.05) is 25.1 Å². The van der Waals surface area contributed by atoms with Gasteiger partial charge in [-0.1, -0.05) is 73.0 Å². The Kier molecular flexibility index (Phi) is 13.7. The molecular weight excluding hydrogens is 582 g/mol. The molecule has 0 amide bonds. The second-order valence-electron chi connectivity index (χ2n) is 12.2. The zero-order chi connectivity index (χ0) is 32.7. The number of aldehydes is 1. The zero-order valence-electron chi connectivity index (χ0n) is 26.4. The first kappa shape index (κ1) is 34.7. The predicted molar refractivity (Wildman–Crippen MR) is 182 cm³/mol. The summed E-state index contributed by atoms with van der Waals surface area (Å²) in [5.74, 6) is -0.0375. The number of aliphatic hydroxyl groups excluding tert-OH is 2. The number of carbonyl (C=O) groups is 2. The van der Waals surface area contributed by atoms with Crippen LogP contribution in [0.1, 0.15) is 75.7 Å². The van der Waals surface area contributed by atoms with Crippen molar-refractivity contribution in [3.63, 3.8) is 0 Å². The number of rotatable bonds is 20. The summed E-state index contributed by atoms with van der Waals surface area (Å²) in [5, 5.41) is 40.2. The number of carbonyl (C=O) groups excluding carboxylic acids is 1. The van der Waals surface area contributed by atoms with E-state index in [0.29, 0.717) is 68.8 Å². The van der Waals surface area contributed by atoms with Crippen molar-refractivity contribution in [2.75, 3.05) is 13.2 Å². The zero-order valence-corrected chi connectivity index (χ0v) is 26.4. The Morgan fingerprint density at radius 2 is 1.83 bits per heavy atom. The van der Waals surface area contributed by atoms with Crippen LogP contribution in [0.3, 0.4) is 0 Å². The Balaban J connectivity index is 1.51. The van der Waals surface area contributed by atoms with Crippen LogP contribution in [0.25, 0.3) is 16.1 Å². The number of hydrogen-bond acceptors (Lipinski definition) is 7. The smallest absolute Gasteiger partial charge is 0.328 e. The van der Waals surface area contributed by atoms with Gasteiger partial charge in [0.25, 0.3) is 0 Å². The number of aromatic nitrogens is 1. The van der Waals surface area contributed by atoms with E-state index in [-0.39, 0.29) is 24.5 Å². The van der Waals surface area contributed by atoms with E-state index in [0.717, 1.165) is 30.9 Å². The number of nitrogens with one attached hydrogen (secondary N) is 2. The van der Waals surface area contributed by atoms with E-state index in [1.54, 1.807) is 6.20 Å². The number of guanidine groups is 1. The lowest BCUT2D eigenvalue weighted by Gasteiger charge is -2.35. The summed E-state index contributed by atoms with van der Waals surface area (Å²) in [5.41, 5.74) is 7.87. The van der Waals surface area contributed by atoms with E-state index in [1.165, 1.54) is 17.0 Å². The molecular formula is C36H48N5O5-. The third kappa shape index (κ3) is 10.7. The monoisotopic (exact) mass is 630 g/mol. The third-order valence-electron chi connectivity index (χ3n) is 8.90. The molecule has 10 nitrogen and oxygen atoms in total. The molecule has 10 heteroatoms. The summed E-state index contributed by atoms with van der Waals surface area (Å²) < 4.78 is 0. The van der Waals surface area contributed by atoms with Crippen LogP contribution in [0, 0.1) is 5.92 Å². The number of aliphatic imine (C=N–C) groups is 1. The highest BCUT2D eigenvalue weighted by Crippen LogP contribution is 2.36. The highest BCUT2D eigenvalue weighted by molar-refractivity contribution is 5.84. The topological polar surface area (TPSA) is 175 Å². The molecule has 7 N–H and O–H groups in total. The van der Waals surface area contributed by atoms with Gasteiger partial charge in [0.05, 0.1) is 12.1 Å². The van der Waals surface area contributed by atoms with Crippen molar-refractivity contribution in [3.05, 3.63) is 83.3 Å². The van der Waals surface area contributed by atoms with Crippen LogP contribution < -0.4 is 11.1 Å². The molecule has 2 heterocycles. The van der Waals surface area contributed by atoms with Crippen molar-refractivity contribution in [2.24, 2.45) is 16.6 Å². The maximum absolute atomic E-state index is 12.0. The standard InChI is InChI=1S/C36H48N5O5/c37-36-39-20-18-33(41-36)31(23-35(45)46)32(40-34-11-4-19-38-34)17-15-27(29-14-13-26-7-1-2-8-28(26)22-29)9-3-10-30(44)16-12-25(24-43)6-5-21-42/h1-2,4,7-8,11,13-14,19,22-25,27,30,32-33,38,42,44H,3,5-6,9-10,12,15-18,20-21H2,(H,45,46)(H3,37,39,41)/q-1.